The van der Waals surface area contributed by atoms with Crippen molar-refractivity contribution in [2.45, 2.75) is 32.7 Å². The summed E-state index contributed by atoms with van der Waals surface area (Å²) in [5.74, 6) is -0.868. The highest BCUT2D eigenvalue weighted by molar-refractivity contribution is 7.14. The van der Waals surface area contributed by atoms with E-state index in [1.807, 2.05) is 6.07 Å². The van der Waals surface area contributed by atoms with Crippen LogP contribution in [0.2, 0.25) is 0 Å². The second kappa shape index (κ2) is 11.6. The number of ether oxygens (including phenoxy) is 2. The lowest BCUT2D eigenvalue weighted by atomic mass is 10.1. The van der Waals surface area contributed by atoms with E-state index in [2.05, 4.69) is 5.32 Å². The Morgan fingerprint density at radius 1 is 1.14 bits per heavy atom. The number of thiophene rings is 1. The number of anilines is 1. The number of amides is 1. The fourth-order valence-corrected chi connectivity index (χ4v) is 3.76. The molecule has 0 aliphatic carbocycles. The highest BCUT2D eigenvalue weighted by Gasteiger charge is 2.30. The van der Waals surface area contributed by atoms with Crippen LogP contribution in [-0.4, -0.2) is 18.0 Å². The van der Waals surface area contributed by atoms with E-state index < -0.39 is 23.6 Å². The van der Waals surface area contributed by atoms with Crippen molar-refractivity contribution in [3.63, 3.8) is 0 Å². The van der Waals surface area contributed by atoms with Crippen molar-refractivity contribution in [2.24, 2.45) is 0 Å². The highest BCUT2D eigenvalue weighted by Crippen LogP contribution is 2.30. The average molecular weight is 515 g/mol. The molecular weight excluding hydrogens is 493 g/mol. The molecule has 0 atom stereocenters. The Bertz CT molecular complexity index is 1310. The van der Waals surface area contributed by atoms with Gasteiger partial charge in [-0.15, -0.1) is 11.3 Å². The highest BCUT2D eigenvalue weighted by atomic mass is 32.1. The van der Waals surface area contributed by atoms with Gasteiger partial charge in [-0.1, -0.05) is 24.3 Å². The molecular formula is C26H21F3N2O4S. The third-order valence-corrected chi connectivity index (χ3v) is 5.50. The van der Waals surface area contributed by atoms with Crippen LogP contribution in [0.5, 0.6) is 5.75 Å². The molecule has 3 aromatic rings. The molecule has 1 amide bonds. The van der Waals surface area contributed by atoms with Gasteiger partial charge < -0.3 is 14.8 Å². The molecule has 0 saturated carbocycles. The maximum Gasteiger partial charge on any atom is 0.416 e. The summed E-state index contributed by atoms with van der Waals surface area (Å²) in [4.78, 5) is 24.8. The summed E-state index contributed by atoms with van der Waals surface area (Å²) in [5, 5.41) is 13.9. The van der Waals surface area contributed by atoms with E-state index >= 15 is 0 Å². The predicted octanol–water partition coefficient (Wildman–Crippen LogP) is 6.46. The monoisotopic (exact) mass is 514 g/mol. The molecule has 0 spiro atoms. The van der Waals surface area contributed by atoms with Crippen LogP contribution in [0.1, 0.15) is 40.9 Å². The van der Waals surface area contributed by atoms with Crippen molar-refractivity contribution in [2.75, 3.05) is 5.32 Å². The molecule has 2 aromatic carbocycles. The van der Waals surface area contributed by atoms with E-state index in [0.29, 0.717) is 16.9 Å². The summed E-state index contributed by atoms with van der Waals surface area (Å²) in [7, 11) is 0. The third kappa shape index (κ3) is 7.20. The molecule has 0 fully saturated rings. The number of hydrogen-bond donors (Lipinski definition) is 1. The molecule has 186 valence electrons. The van der Waals surface area contributed by atoms with Crippen LogP contribution >= 0.6 is 11.3 Å². The first-order valence-corrected chi connectivity index (χ1v) is 11.6. The number of carbonyl (C=O) groups is 2. The second-order valence-corrected chi connectivity index (χ2v) is 8.71. The molecule has 6 nitrogen and oxygen atoms in total. The topological polar surface area (TPSA) is 88.4 Å². The zero-order valence-electron chi connectivity index (χ0n) is 19.3. The lowest BCUT2D eigenvalue weighted by Crippen LogP contribution is -2.17. The summed E-state index contributed by atoms with van der Waals surface area (Å²) >= 11 is 1.13. The number of nitriles is 1. The largest absolute Gasteiger partial charge is 0.489 e. The number of nitrogens with zero attached hydrogens (tertiary/aromatic N) is 1. The van der Waals surface area contributed by atoms with E-state index in [4.69, 9.17) is 9.47 Å². The molecule has 36 heavy (non-hydrogen) atoms. The van der Waals surface area contributed by atoms with Crippen molar-refractivity contribution in [1.29, 1.82) is 5.26 Å². The van der Waals surface area contributed by atoms with E-state index in [9.17, 15) is 28.0 Å². The number of rotatable bonds is 8. The molecule has 0 aliphatic rings. The van der Waals surface area contributed by atoms with E-state index in [-0.39, 0.29) is 28.8 Å². The van der Waals surface area contributed by atoms with Crippen LogP contribution in [0.25, 0.3) is 6.08 Å². The van der Waals surface area contributed by atoms with Crippen LogP contribution in [0.3, 0.4) is 0 Å². The molecule has 0 saturated heterocycles. The molecule has 0 radical (unpaired) electrons. The Morgan fingerprint density at radius 3 is 2.50 bits per heavy atom. The van der Waals surface area contributed by atoms with Crippen LogP contribution < -0.4 is 10.1 Å². The molecule has 1 aromatic heterocycles. The van der Waals surface area contributed by atoms with Crippen molar-refractivity contribution in [3.8, 4) is 11.8 Å². The van der Waals surface area contributed by atoms with E-state index in [1.54, 1.807) is 43.5 Å². The van der Waals surface area contributed by atoms with Gasteiger partial charge in [-0.3, -0.25) is 4.79 Å². The Labute approximate surface area is 209 Å². The van der Waals surface area contributed by atoms with Crippen LogP contribution in [0, 0.1) is 11.3 Å². The van der Waals surface area contributed by atoms with Crippen molar-refractivity contribution >= 4 is 34.3 Å². The van der Waals surface area contributed by atoms with Crippen molar-refractivity contribution in [3.05, 3.63) is 87.8 Å². The van der Waals surface area contributed by atoms with Gasteiger partial charge in [-0.2, -0.15) is 18.4 Å². The standard InChI is InChI=1S/C26H21F3N2O4S/c1-16(2)35-25(33)22-10-11-36-24(22)31-23(32)19(14-30)12-17-6-8-21(9-7-17)34-15-18-4-3-5-20(13-18)26(27,28)29/h3-13,16H,15H2,1-2H3,(H,31,32)/b19-12+. The minimum Gasteiger partial charge on any atom is -0.489 e. The van der Waals surface area contributed by atoms with Gasteiger partial charge in [0.25, 0.3) is 5.91 Å². The first kappa shape index (κ1) is 26.5. The number of carbonyl (C=O) groups excluding carboxylic acids is 2. The molecule has 1 heterocycles. The Morgan fingerprint density at radius 2 is 1.86 bits per heavy atom. The minimum absolute atomic E-state index is 0.0622. The first-order valence-electron chi connectivity index (χ1n) is 10.7. The summed E-state index contributed by atoms with van der Waals surface area (Å²) in [5.41, 5.74) is 0.143. The summed E-state index contributed by atoms with van der Waals surface area (Å²) in [6.07, 6.45) is -3.39. The fourth-order valence-electron chi connectivity index (χ4n) is 2.99. The quantitative estimate of drug-likeness (QED) is 0.212. The van der Waals surface area contributed by atoms with Gasteiger partial charge in [0, 0.05) is 0 Å². The maximum absolute atomic E-state index is 12.9. The number of alkyl halides is 3. The molecule has 0 unspecified atom stereocenters. The molecule has 3 rings (SSSR count). The number of benzene rings is 2. The van der Waals surface area contributed by atoms with Crippen LogP contribution in [-0.2, 0) is 22.3 Å². The number of nitrogens with one attached hydrogen (secondary N) is 1. The second-order valence-electron chi connectivity index (χ2n) is 7.80. The average Bonchev–Trinajstić information content (AvgIpc) is 3.29. The smallest absolute Gasteiger partial charge is 0.416 e. The fraction of sp³-hybridized carbons (Fsp3) is 0.192. The summed E-state index contributed by atoms with van der Waals surface area (Å²) in [6.45, 7) is 3.36. The molecule has 10 heteroatoms. The summed E-state index contributed by atoms with van der Waals surface area (Å²) < 4.78 is 49.3. The Balaban J connectivity index is 1.65. The number of esters is 1. The van der Waals surface area contributed by atoms with Crippen molar-refractivity contribution < 1.29 is 32.2 Å². The van der Waals surface area contributed by atoms with Gasteiger partial charge in [0.1, 0.15) is 29.0 Å². The number of hydrogen-bond acceptors (Lipinski definition) is 6. The lowest BCUT2D eigenvalue weighted by molar-refractivity contribution is -0.137. The normalized spacial score (nSPS) is 11.6. The summed E-state index contributed by atoms with van der Waals surface area (Å²) in [6, 6.07) is 14.6. The zero-order chi connectivity index (χ0) is 26.3. The third-order valence-electron chi connectivity index (χ3n) is 4.67. The van der Waals surface area contributed by atoms with Crippen LogP contribution in [0.15, 0.2) is 65.6 Å². The van der Waals surface area contributed by atoms with Gasteiger partial charge >= 0.3 is 12.1 Å². The Hall–Kier alpha value is -4.10. The first-order chi connectivity index (χ1) is 17.1. The SMILES string of the molecule is CC(C)OC(=O)c1ccsc1NC(=O)/C(C#N)=C/c1ccc(OCc2cccc(C(F)(F)F)c2)cc1. The zero-order valence-corrected chi connectivity index (χ0v) is 20.1. The van der Waals surface area contributed by atoms with E-state index in [1.165, 1.54) is 24.3 Å². The van der Waals surface area contributed by atoms with Gasteiger partial charge in [-0.05, 0) is 66.8 Å². The maximum atomic E-state index is 12.9. The van der Waals surface area contributed by atoms with Gasteiger partial charge in [-0.25, -0.2) is 4.79 Å². The predicted molar refractivity (Wildman–Crippen MR) is 129 cm³/mol. The van der Waals surface area contributed by atoms with Gasteiger partial charge in [0.15, 0.2) is 0 Å². The number of halogens is 3. The van der Waals surface area contributed by atoms with Gasteiger partial charge in [0.05, 0.1) is 17.2 Å². The molecule has 0 bridgehead atoms. The molecule has 1 N–H and O–H groups in total. The minimum atomic E-state index is -4.43. The van der Waals surface area contributed by atoms with E-state index in [0.717, 1.165) is 23.5 Å². The lowest BCUT2D eigenvalue weighted by Gasteiger charge is -2.10. The van der Waals surface area contributed by atoms with Crippen LogP contribution in [0.4, 0.5) is 18.2 Å². The van der Waals surface area contributed by atoms with Crippen molar-refractivity contribution in [1.82, 2.24) is 0 Å². The van der Waals surface area contributed by atoms with Gasteiger partial charge in [0.2, 0.25) is 0 Å². The Kier molecular flexibility index (Phi) is 8.51. The molecule has 0 aliphatic heterocycles.